The zero-order valence-electron chi connectivity index (χ0n) is 10.8. The molecule has 2 rings (SSSR count). The third kappa shape index (κ3) is 2.22. The molecule has 102 valence electrons. The van der Waals surface area contributed by atoms with Crippen molar-refractivity contribution in [1.29, 1.82) is 0 Å². The molecule has 2 aliphatic rings. The summed E-state index contributed by atoms with van der Waals surface area (Å²) in [5.41, 5.74) is 0. The molecule has 0 aromatic carbocycles. The van der Waals surface area contributed by atoms with Crippen LogP contribution in [0.4, 0.5) is 0 Å². The van der Waals surface area contributed by atoms with Crippen LogP contribution in [0, 0.1) is 11.8 Å². The monoisotopic (exact) mass is 256 g/mol. The first-order valence-electron chi connectivity index (χ1n) is 6.34. The van der Waals surface area contributed by atoms with Crippen LogP contribution in [0.2, 0.25) is 0 Å². The van der Waals surface area contributed by atoms with Gasteiger partial charge in [0.25, 0.3) is 0 Å². The number of nitrogens with one attached hydrogen (secondary N) is 1. The Hall–Kier alpha value is -1.14. The number of carboxylic acids is 1. The summed E-state index contributed by atoms with van der Waals surface area (Å²) >= 11 is 0. The molecule has 18 heavy (non-hydrogen) atoms. The lowest BCUT2D eigenvalue weighted by atomic mass is 10.00. The Balaban J connectivity index is 2.11. The summed E-state index contributed by atoms with van der Waals surface area (Å²) in [6.07, 6.45) is 0.751. The van der Waals surface area contributed by atoms with Crippen LogP contribution in [0.1, 0.15) is 13.3 Å². The molecule has 2 saturated heterocycles. The quantitative estimate of drug-likeness (QED) is 0.714. The van der Waals surface area contributed by atoms with E-state index in [-0.39, 0.29) is 23.8 Å². The van der Waals surface area contributed by atoms with E-state index in [0.717, 1.165) is 6.42 Å². The van der Waals surface area contributed by atoms with Crippen LogP contribution < -0.4 is 5.32 Å². The number of amides is 1. The highest BCUT2D eigenvalue weighted by Crippen LogP contribution is 2.27. The molecular formula is C12H20N2O4. The Labute approximate surface area is 106 Å². The van der Waals surface area contributed by atoms with Crippen molar-refractivity contribution in [2.24, 2.45) is 11.8 Å². The molecule has 0 aromatic rings. The molecule has 2 aliphatic heterocycles. The zero-order chi connectivity index (χ0) is 13.3. The number of ether oxygens (including phenoxy) is 1. The number of carbonyl (C=O) groups excluding carboxylic acids is 1. The Kier molecular flexibility index (Phi) is 3.87. The van der Waals surface area contributed by atoms with Gasteiger partial charge in [0.1, 0.15) is 6.04 Å². The van der Waals surface area contributed by atoms with Crippen molar-refractivity contribution in [2.75, 3.05) is 26.8 Å². The molecule has 4 atom stereocenters. The Bertz CT molecular complexity index is 347. The molecule has 4 unspecified atom stereocenters. The maximum Gasteiger partial charge on any atom is 0.326 e. The third-order valence-corrected chi connectivity index (χ3v) is 4.00. The van der Waals surface area contributed by atoms with E-state index in [1.165, 1.54) is 4.90 Å². The van der Waals surface area contributed by atoms with Crippen LogP contribution >= 0.6 is 0 Å². The van der Waals surface area contributed by atoms with Gasteiger partial charge in [-0.15, -0.1) is 0 Å². The number of hydrogen-bond donors (Lipinski definition) is 2. The van der Waals surface area contributed by atoms with Crippen molar-refractivity contribution >= 4 is 11.9 Å². The smallest absolute Gasteiger partial charge is 0.326 e. The summed E-state index contributed by atoms with van der Waals surface area (Å²) in [5, 5.41) is 12.3. The van der Waals surface area contributed by atoms with E-state index >= 15 is 0 Å². The minimum absolute atomic E-state index is 0.0112. The number of hydrogen-bond acceptors (Lipinski definition) is 4. The van der Waals surface area contributed by atoms with Crippen molar-refractivity contribution in [1.82, 2.24) is 10.2 Å². The second-order valence-corrected chi connectivity index (χ2v) is 5.12. The average molecular weight is 256 g/mol. The second kappa shape index (κ2) is 5.24. The fraction of sp³-hybridized carbons (Fsp3) is 0.833. The Morgan fingerprint density at radius 1 is 1.39 bits per heavy atom. The van der Waals surface area contributed by atoms with Crippen LogP contribution in [0.5, 0.6) is 0 Å². The predicted octanol–water partition coefficient (Wildman–Crippen LogP) is -0.458. The molecule has 2 N–H and O–H groups in total. The van der Waals surface area contributed by atoms with Gasteiger partial charge in [-0.05, 0) is 19.4 Å². The number of aliphatic carboxylic acids is 1. The van der Waals surface area contributed by atoms with Crippen LogP contribution in [0.15, 0.2) is 0 Å². The topological polar surface area (TPSA) is 78.9 Å². The van der Waals surface area contributed by atoms with Crippen LogP contribution in [-0.2, 0) is 14.3 Å². The maximum absolute atomic E-state index is 12.4. The first kappa shape index (κ1) is 13.3. The minimum Gasteiger partial charge on any atom is -0.480 e. The normalized spacial score (nSPS) is 36.0. The molecule has 0 bridgehead atoms. The summed E-state index contributed by atoms with van der Waals surface area (Å²) in [6, 6.07) is -0.696. The number of likely N-dealkylation sites (tertiary alicyclic amines) is 1. The molecular weight excluding hydrogens is 236 g/mol. The van der Waals surface area contributed by atoms with Gasteiger partial charge in [-0.1, -0.05) is 6.92 Å². The van der Waals surface area contributed by atoms with E-state index in [2.05, 4.69) is 5.32 Å². The first-order chi connectivity index (χ1) is 8.56. The summed E-state index contributed by atoms with van der Waals surface area (Å²) in [4.78, 5) is 25.2. The lowest BCUT2D eigenvalue weighted by Gasteiger charge is -2.27. The van der Waals surface area contributed by atoms with Gasteiger partial charge in [0.05, 0.1) is 19.1 Å². The van der Waals surface area contributed by atoms with Crippen molar-refractivity contribution < 1.29 is 19.4 Å². The van der Waals surface area contributed by atoms with Gasteiger partial charge in [0.15, 0.2) is 0 Å². The van der Waals surface area contributed by atoms with Gasteiger partial charge in [0, 0.05) is 12.6 Å². The Morgan fingerprint density at radius 2 is 2.11 bits per heavy atom. The van der Waals surface area contributed by atoms with E-state index in [1.807, 2.05) is 6.92 Å². The molecule has 0 spiro atoms. The van der Waals surface area contributed by atoms with Crippen LogP contribution in [-0.4, -0.2) is 60.8 Å². The van der Waals surface area contributed by atoms with Crippen LogP contribution in [0.25, 0.3) is 0 Å². The summed E-state index contributed by atoms with van der Waals surface area (Å²) in [7, 11) is 1.79. The largest absolute Gasteiger partial charge is 0.480 e. The molecule has 2 fully saturated rings. The molecule has 0 aromatic heterocycles. The lowest BCUT2D eigenvalue weighted by Crippen LogP contribution is -2.49. The minimum atomic E-state index is -0.909. The van der Waals surface area contributed by atoms with E-state index in [1.54, 1.807) is 7.05 Å². The van der Waals surface area contributed by atoms with Crippen molar-refractivity contribution in [3.63, 3.8) is 0 Å². The van der Waals surface area contributed by atoms with Gasteiger partial charge in [-0.25, -0.2) is 4.79 Å². The van der Waals surface area contributed by atoms with E-state index in [0.29, 0.717) is 19.8 Å². The fourth-order valence-electron chi connectivity index (χ4n) is 2.87. The predicted molar refractivity (Wildman–Crippen MR) is 64.1 cm³/mol. The molecule has 0 aliphatic carbocycles. The lowest BCUT2D eigenvalue weighted by molar-refractivity contribution is -0.151. The highest BCUT2D eigenvalue weighted by atomic mass is 16.5. The van der Waals surface area contributed by atoms with E-state index in [4.69, 9.17) is 4.74 Å². The molecule has 6 nitrogen and oxygen atoms in total. The number of nitrogens with zero attached hydrogens (tertiary/aromatic N) is 1. The average Bonchev–Trinajstić information content (AvgIpc) is 2.93. The van der Waals surface area contributed by atoms with Gasteiger partial charge in [0.2, 0.25) is 5.91 Å². The number of likely N-dealkylation sites (N-methyl/N-ethyl adjacent to an activating group) is 1. The molecule has 0 radical (unpaired) electrons. The maximum atomic E-state index is 12.4. The third-order valence-electron chi connectivity index (χ3n) is 4.00. The van der Waals surface area contributed by atoms with Crippen LogP contribution in [0.3, 0.4) is 0 Å². The van der Waals surface area contributed by atoms with Gasteiger partial charge in [-0.2, -0.15) is 0 Å². The van der Waals surface area contributed by atoms with Gasteiger partial charge < -0.3 is 20.1 Å². The van der Waals surface area contributed by atoms with Crippen molar-refractivity contribution in [3.05, 3.63) is 0 Å². The highest BCUT2D eigenvalue weighted by Gasteiger charge is 2.44. The molecule has 6 heteroatoms. The molecule has 1 amide bonds. The SMILES string of the molecule is CNC1COCC1C(=O)N1CCC(C)C1C(=O)O. The van der Waals surface area contributed by atoms with E-state index in [9.17, 15) is 14.7 Å². The van der Waals surface area contributed by atoms with Crippen molar-refractivity contribution in [3.8, 4) is 0 Å². The van der Waals surface area contributed by atoms with Gasteiger partial charge in [-0.3, -0.25) is 4.79 Å². The second-order valence-electron chi connectivity index (χ2n) is 5.12. The zero-order valence-corrected chi connectivity index (χ0v) is 10.8. The summed E-state index contributed by atoms with van der Waals surface area (Å²) < 4.78 is 5.31. The van der Waals surface area contributed by atoms with Crippen molar-refractivity contribution in [2.45, 2.75) is 25.4 Å². The van der Waals surface area contributed by atoms with Gasteiger partial charge >= 0.3 is 5.97 Å². The standard InChI is InChI=1S/C12H20N2O4/c1-7-3-4-14(10(7)12(16)17)11(15)8-5-18-6-9(8)13-2/h7-10,13H,3-6H2,1-2H3,(H,16,17). The Morgan fingerprint density at radius 3 is 2.72 bits per heavy atom. The highest BCUT2D eigenvalue weighted by molar-refractivity contribution is 5.86. The summed E-state index contributed by atoms with van der Waals surface area (Å²) in [6.45, 7) is 3.30. The molecule has 2 heterocycles. The number of carbonyl (C=O) groups is 2. The summed E-state index contributed by atoms with van der Waals surface area (Å²) in [5.74, 6) is -1.25. The number of rotatable bonds is 3. The number of carboxylic acid groups (broad SMARTS) is 1. The van der Waals surface area contributed by atoms with E-state index < -0.39 is 12.0 Å². The molecule has 0 saturated carbocycles. The fourth-order valence-corrected chi connectivity index (χ4v) is 2.87. The first-order valence-corrected chi connectivity index (χ1v) is 6.34.